The van der Waals surface area contributed by atoms with Crippen molar-refractivity contribution < 1.29 is 23.8 Å². The molecule has 6 nitrogen and oxygen atoms in total. The lowest BCUT2D eigenvalue weighted by Gasteiger charge is -2.24. The molecule has 1 aromatic carbocycles. The summed E-state index contributed by atoms with van der Waals surface area (Å²) in [4.78, 5) is 24.3. The summed E-state index contributed by atoms with van der Waals surface area (Å²) >= 11 is 6.27. The van der Waals surface area contributed by atoms with Crippen LogP contribution in [0.5, 0.6) is 11.5 Å². The van der Waals surface area contributed by atoms with Gasteiger partial charge in [-0.3, -0.25) is 4.79 Å². The van der Waals surface area contributed by atoms with Crippen LogP contribution in [0.4, 0.5) is 0 Å². The van der Waals surface area contributed by atoms with Gasteiger partial charge in [0.2, 0.25) is 0 Å². The van der Waals surface area contributed by atoms with Gasteiger partial charge in [-0.15, -0.1) is 0 Å². The van der Waals surface area contributed by atoms with E-state index in [4.69, 9.17) is 25.8 Å². The highest BCUT2D eigenvalue weighted by molar-refractivity contribution is 6.32. The van der Waals surface area contributed by atoms with Gasteiger partial charge in [0.15, 0.2) is 17.6 Å². The largest absolute Gasteiger partial charge is 0.493 e. The smallest absolute Gasteiger partial charge is 0.331 e. The van der Waals surface area contributed by atoms with Crippen LogP contribution in [0.2, 0.25) is 5.02 Å². The second kappa shape index (κ2) is 11.7. The lowest BCUT2D eigenvalue weighted by atomic mass is 9.95. The molecule has 0 radical (unpaired) electrons. The Morgan fingerprint density at radius 3 is 2.66 bits per heavy atom. The van der Waals surface area contributed by atoms with Gasteiger partial charge < -0.3 is 19.5 Å². The summed E-state index contributed by atoms with van der Waals surface area (Å²) in [5.74, 6) is 0.0985. The van der Waals surface area contributed by atoms with Crippen LogP contribution in [-0.2, 0) is 14.3 Å². The Labute approximate surface area is 177 Å². The first-order chi connectivity index (χ1) is 13.9. The zero-order valence-electron chi connectivity index (χ0n) is 17.3. The number of nitrogens with one attached hydrogen (secondary N) is 1. The van der Waals surface area contributed by atoms with E-state index in [-0.39, 0.29) is 11.9 Å². The fourth-order valence-corrected chi connectivity index (χ4v) is 3.45. The molecule has 0 heterocycles. The SMILES string of the molecule is CCCOc1c(Cl)cc(/C=C/C(=O)O[C@@H](C)C(=O)NC2CCCCC2)cc1OC. The summed E-state index contributed by atoms with van der Waals surface area (Å²) < 4.78 is 16.2. The minimum absolute atomic E-state index is 0.177. The summed E-state index contributed by atoms with van der Waals surface area (Å²) in [6, 6.07) is 3.58. The second-order valence-corrected chi connectivity index (χ2v) is 7.55. The number of halogens is 1. The van der Waals surface area contributed by atoms with Gasteiger partial charge in [0.25, 0.3) is 5.91 Å². The maximum absolute atomic E-state index is 12.2. The minimum Gasteiger partial charge on any atom is -0.493 e. The van der Waals surface area contributed by atoms with Crippen molar-refractivity contribution in [2.24, 2.45) is 0 Å². The van der Waals surface area contributed by atoms with Crippen LogP contribution >= 0.6 is 11.6 Å². The van der Waals surface area contributed by atoms with Crippen LogP contribution < -0.4 is 14.8 Å². The highest BCUT2D eigenvalue weighted by atomic mass is 35.5. The molecule has 1 aromatic rings. The Hall–Kier alpha value is -2.21. The monoisotopic (exact) mass is 423 g/mol. The maximum Gasteiger partial charge on any atom is 0.331 e. The standard InChI is InChI=1S/C22H30ClNO5/c1-4-12-28-21-18(23)13-16(14-19(21)27-3)10-11-20(25)29-15(2)22(26)24-17-8-6-5-7-9-17/h10-11,13-15,17H,4-9,12H2,1-3H3,(H,24,26)/b11-10+/t15-/m0/s1. The number of ether oxygens (including phenoxy) is 3. The number of esters is 1. The van der Waals surface area contributed by atoms with Gasteiger partial charge >= 0.3 is 5.97 Å². The molecule has 0 aliphatic heterocycles. The number of rotatable bonds is 9. The molecule has 1 aliphatic carbocycles. The highest BCUT2D eigenvalue weighted by Crippen LogP contribution is 2.36. The molecule has 1 fully saturated rings. The van der Waals surface area contributed by atoms with E-state index in [0.29, 0.717) is 28.7 Å². The topological polar surface area (TPSA) is 73.9 Å². The predicted molar refractivity (Wildman–Crippen MR) is 113 cm³/mol. The molecule has 0 bridgehead atoms. The molecule has 29 heavy (non-hydrogen) atoms. The van der Waals surface area contributed by atoms with E-state index in [1.807, 2.05) is 6.92 Å². The fraction of sp³-hybridized carbons (Fsp3) is 0.545. The van der Waals surface area contributed by atoms with Gasteiger partial charge in [0.1, 0.15) is 0 Å². The summed E-state index contributed by atoms with van der Waals surface area (Å²) in [5, 5.41) is 3.35. The molecule has 0 aromatic heterocycles. The number of carbonyl (C=O) groups excluding carboxylic acids is 2. The van der Waals surface area contributed by atoms with E-state index in [9.17, 15) is 9.59 Å². The van der Waals surface area contributed by atoms with Crippen LogP contribution in [0.1, 0.15) is 57.9 Å². The van der Waals surface area contributed by atoms with Crippen LogP contribution in [0.25, 0.3) is 6.08 Å². The number of hydrogen-bond acceptors (Lipinski definition) is 5. The summed E-state index contributed by atoms with van der Waals surface area (Å²) in [6.45, 7) is 4.10. The Bertz CT molecular complexity index is 728. The maximum atomic E-state index is 12.2. The van der Waals surface area contributed by atoms with E-state index in [0.717, 1.165) is 32.1 Å². The van der Waals surface area contributed by atoms with E-state index < -0.39 is 12.1 Å². The normalized spacial score (nSPS) is 15.7. The molecule has 7 heteroatoms. The molecule has 0 unspecified atom stereocenters. The van der Waals surface area contributed by atoms with E-state index in [2.05, 4.69) is 5.32 Å². The lowest BCUT2D eigenvalue weighted by Crippen LogP contribution is -2.42. The Morgan fingerprint density at radius 2 is 2.00 bits per heavy atom. The number of carbonyl (C=O) groups is 2. The average molecular weight is 424 g/mol. The third-order valence-electron chi connectivity index (χ3n) is 4.73. The Morgan fingerprint density at radius 1 is 1.28 bits per heavy atom. The van der Waals surface area contributed by atoms with Crippen molar-refractivity contribution in [2.45, 2.75) is 64.5 Å². The zero-order chi connectivity index (χ0) is 21.2. The van der Waals surface area contributed by atoms with E-state index in [1.54, 1.807) is 25.1 Å². The third kappa shape index (κ3) is 7.28. The Balaban J connectivity index is 1.93. The first kappa shape index (κ1) is 23.1. The van der Waals surface area contributed by atoms with Gasteiger partial charge in [-0.2, -0.15) is 0 Å². The number of hydrogen-bond donors (Lipinski definition) is 1. The molecule has 1 amide bonds. The van der Waals surface area contributed by atoms with Crippen molar-refractivity contribution in [3.8, 4) is 11.5 Å². The molecular formula is C22H30ClNO5. The van der Waals surface area contributed by atoms with Crippen LogP contribution in [0.3, 0.4) is 0 Å². The van der Waals surface area contributed by atoms with Crippen molar-refractivity contribution in [3.63, 3.8) is 0 Å². The van der Waals surface area contributed by atoms with Gasteiger partial charge in [0, 0.05) is 12.1 Å². The lowest BCUT2D eigenvalue weighted by molar-refractivity contribution is -0.150. The average Bonchev–Trinajstić information content (AvgIpc) is 2.71. The molecule has 1 N–H and O–H groups in total. The number of benzene rings is 1. The van der Waals surface area contributed by atoms with Crippen molar-refractivity contribution in [1.29, 1.82) is 0 Å². The Kier molecular flexibility index (Phi) is 9.32. The summed E-state index contributed by atoms with van der Waals surface area (Å²) in [6.07, 6.45) is 8.24. The molecule has 1 saturated carbocycles. The zero-order valence-corrected chi connectivity index (χ0v) is 18.1. The molecule has 2 rings (SSSR count). The first-order valence-corrected chi connectivity index (χ1v) is 10.5. The van der Waals surface area contributed by atoms with Gasteiger partial charge in [-0.1, -0.05) is 37.8 Å². The molecular weight excluding hydrogens is 394 g/mol. The van der Waals surface area contributed by atoms with E-state index >= 15 is 0 Å². The van der Waals surface area contributed by atoms with Crippen LogP contribution in [0.15, 0.2) is 18.2 Å². The predicted octanol–water partition coefficient (Wildman–Crippen LogP) is 4.53. The third-order valence-corrected chi connectivity index (χ3v) is 5.01. The minimum atomic E-state index is -0.850. The van der Waals surface area contributed by atoms with Gasteiger partial charge in [-0.05, 0) is 50.0 Å². The quantitative estimate of drug-likeness (QED) is 0.466. The second-order valence-electron chi connectivity index (χ2n) is 7.14. The first-order valence-electron chi connectivity index (χ1n) is 10.1. The van der Waals surface area contributed by atoms with Crippen molar-refractivity contribution in [1.82, 2.24) is 5.32 Å². The highest BCUT2D eigenvalue weighted by Gasteiger charge is 2.21. The fourth-order valence-electron chi connectivity index (χ4n) is 3.18. The van der Waals surface area contributed by atoms with Crippen molar-refractivity contribution >= 4 is 29.6 Å². The van der Waals surface area contributed by atoms with Crippen LogP contribution in [0, 0.1) is 0 Å². The molecule has 1 aliphatic rings. The summed E-state index contributed by atoms with van der Waals surface area (Å²) in [5.41, 5.74) is 0.659. The number of methoxy groups -OCH3 is 1. The van der Waals surface area contributed by atoms with Crippen molar-refractivity contribution in [2.75, 3.05) is 13.7 Å². The molecule has 0 saturated heterocycles. The summed E-state index contributed by atoms with van der Waals surface area (Å²) in [7, 11) is 1.53. The van der Waals surface area contributed by atoms with Gasteiger partial charge in [-0.25, -0.2) is 4.79 Å². The molecule has 1 atom stereocenters. The van der Waals surface area contributed by atoms with Gasteiger partial charge in [0.05, 0.1) is 18.7 Å². The molecule has 160 valence electrons. The van der Waals surface area contributed by atoms with Crippen molar-refractivity contribution in [3.05, 3.63) is 28.8 Å². The van der Waals surface area contributed by atoms with E-state index in [1.165, 1.54) is 19.6 Å². The number of amides is 1. The molecule has 0 spiro atoms. The van der Waals surface area contributed by atoms with Crippen LogP contribution in [-0.4, -0.2) is 37.7 Å².